The normalized spacial score (nSPS) is 11.6. The molecule has 3 aromatic carbocycles. The average molecular weight is 344 g/mol. The van der Waals surface area contributed by atoms with E-state index in [-0.39, 0.29) is 5.41 Å². The molecule has 0 saturated carbocycles. The van der Waals surface area contributed by atoms with Crippen molar-refractivity contribution in [3.63, 3.8) is 0 Å². The molecule has 26 heavy (non-hydrogen) atoms. The van der Waals surface area contributed by atoms with Crippen LogP contribution in [0.4, 0.5) is 5.69 Å². The van der Waals surface area contributed by atoms with Crippen molar-refractivity contribution in [3.8, 4) is 22.3 Å². The zero-order chi connectivity index (χ0) is 18.7. The van der Waals surface area contributed by atoms with Crippen LogP contribution in [0.3, 0.4) is 0 Å². The highest BCUT2D eigenvalue weighted by atomic mass is 14.9. The monoisotopic (exact) mass is 343 g/mol. The van der Waals surface area contributed by atoms with Crippen LogP contribution in [0.25, 0.3) is 22.3 Å². The molecule has 0 bridgehead atoms. The molecular formula is C25H29N. The molecule has 0 aliphatic rings. The van der Waals surface area contributed by atoms with Gasteiger partial charge in [-0.2, -0.15) is 0 Å². The van der Waals surface area contributed by atoms with Gasteiger partial charge in [-0.15, -0.1) is 0 Å². The number of anilines is 1. The molecule has 3 rings (SSSR count). The molecular weight excluding hydrogens is 314 g/mol. The summed E-state index contributed by atoms with van der Waals surface area (Å²) in [5, 5.41) is 3.60. The van der Waals surface area contributed by atoms with Gasteiger partial charge < -0.3 is 5.32 Å². The fourth-order valence-corrected chi connectivity index (χ4v) is 3.16. The van der Waals surface area contributed by atoms with E-state index in [0.29, 0.717) is 6.04 Å². The van der Waals surface area contributed by atoms with Crippen molar-refractivity contribution in [2.75, 3.05) is 5.32 Å². The largest absolute Gasteiger partial charge is 0.382 e. The third kappa shape index (κ3) is 4.16. The topological polar surface area (TPSA) is 12.0 Å². The third-order valence-electron chi connectivity index (χ3n) is 4.63. The van der Waals surface area contributed by atoms with Crippen LogP contribution in [-0.4, -0.2) is 6.04 Å². The van der Waals surface area contributed by atoms with Gasteiger partial charge in [-0.05, 0) is 53.6 Å². The number of nitrogens with one attached hydrogen (secondary N) is 1. The van der Waals surface area contributed by atoms with Crippen LogP contribution >= 0.6 is 0 Å². The molecule has 0 heterocycles. The second kappa shape index (κ2) is 7.37. The molecule has 0 aliphatic carbocycles. The lowest BCUT2D eigenvalue weighted by Crippen LogP contribution is -2.14. The van der Waals surface area contributed by atoms with Crippen molar-refractivity contribution in [1.82, 2.24) is 0 Å². The Morgan fingerprint density at radius 1 is 0.692 bits per heavy atom. The highest BCUT2D eigenvalue weighted by Crippen LogP contribution is 2.34. The van der Waals surface area contributed by atoms with E-state index >= 15 is 0 Å². The summed E-state index contributed by atoms with van der Waals surface area (Å²) >= 11 is 0. The van der Waals surface area contributed by atoms with Gasteiger partial charge in [-0.1, -0.05) is 81.4 Å². The van der Waals surface area contributed by atoms with E-state index in [1.807, 2.05) is 0 Å². The lowest BCUT2D eigenvalue weighted by Gasteiger charge is -2.23. The van der Waals surface area contributed by atoms with E-state index < -0.39 is 0 Å². The van der Waals surface area contributed by atoms with Gasteiger partial charge in [-0.3, -0.25) is 0 Å². The van der Waals surface area contributed by atoms with Crippen LogP contribution < -0.4 is 5.32 Å². The summed E-state index contributed by atoms with van der Waals surface area (Å²) in [5.41, 5.74) is 7.71. The van der Waals surface area contributed by atoms with Crippen LogP contribution in [0, 0.1) is 0 Å². The van der Waals surface area contributed by atoms with E-state index in [9.17, 15) is 0 Å². The van der Waals surface area contributed by atoms with Crippen molar-refractivity contribution in [2.24, 2.45) is 0 Å². The predicted octanol–water partition coefficient (Wildman–Crippen LogP) is 7.14. The Hall–Kier alpha value is -2.54. The number of benzene rings is 3. The van der Waals surface area contributed by atoms with Crippen LogP contribution in [0.15, 0.2) is 72.8 Å². The van der Waals surface area contributed by atoms with E-state index in [0.717, 1.165) is 0 Å². The SMILES string of the molecule is CC(C)Nc1ccc(C(C)(C)C)cc1-c1ccc(-c2ccccc2)cc1. The zero-order valence-electron chi connectivity index (χ0n) is 16.5. The Morgan fingerprint density at radius 3 is 1.85 bits per heavy atom. The first-order chi connectivity index (χ1) is 12.3. The van der Waals surface area contributed by atoms with Gasteiger partial charge in [0, 0.05) is 17.3 Å². The smallest absolute Gasteiger partial charge is 0.0422 e. The molecule has 3 aromatic rings. The second-order valence-electron chi connectivity index (χ2n) is 8.25. The van der Waals surface area contributed by atoms with E-state index in [4.69, 9.17) is 0 Å². The lowest BCUT2D eigenvalue weighted by molar-refractivity contribution is 0.590. The Kier molecular flexibility index (Phi) is 5.18. The number of rotatable bonds is 4. The van der Waals surface area contributed by atoms with Gasteiger partial charge in [0.15, 0.2) is 0 Å². The first-order valence-electron chi connectivity index (χ1n) is 9.41. The fourth-order valence-electron chi connectivity index (χ4n) is 3.16. The van der Waals surface area contributed by atoms with Crippen LogP contribution in [0.2, 0.25) is 0 Å². The van der Waals surface area contributed by atoms with Gasteiger partial charge in [0.2, 0.25) is 0 Å². The third-order valence-corrected chi connectivity index (χ3v) is 4.63. The molecule has 0 amide bonds. The molecule has 0 spiro atoms. The Labute approximate surface area is 158 Å². The summed E-state index contributed by atoms with van der Waals surface area (Å²) in [7, 11) is 0. The maximum atomic E-state index is 3.60. The summed E-state index contributed by atoms with van der Waals surface area (Å²) in [4.78, 5) is 0. The summed E-state index contributed by atoms with van der Waals surface area (Å²) in [5.74, 6) is 0. The van der Waals surface area contributed by atoms with Crippen molar-refractivity contribution in [2.45, 2.75) is 46.1 Å². The molecule has 0 saturated heterocycles. The molecule has 0 unspecified atom stereocenters. The van der Waals surface area contributed by atoms with Crippen molar-refractivity contribution >= 4 is 5.69 Å². The van der Waals surface area contributed by atoms with Crippen LogP contribution in [0.5, 0.6) is 0 Å². The number of hydrogen-bond acceptors (Lipinski definition) is 1. The molecule has 0 fully saturated rings. The van der Waals surface area contributed by atoms with Gasteiger partial charge in [0.05, 0.1) is 0 Å². The first kappa shape index (κ1) is 18.3. The minimum absolute atomic E-state index is 0.134. The van der Waals surface area contributed by atoms with Gasteiger partial charge in [0.1, 0.15) is 0 Å². The Bertz CT molecular complexity index is 853. The number of hydrogen-bond donors (Lipinski definition) is 1. The predicted molar refractivity (Wildman–Crippen MR) is 115 cm³/mol. The fraction of sp³-hybridized carbons (Fsp3) is 0.280. The summed E-state index contributed by atoms with van der Waals surface area (Å²) in [6.45, 7) is 11.2. The van der Waals surface area contributed by atoms with Crippen LogP contribution in [-0.2, 0) is 5.41 Å². The average Bonchev–Trinajstić information content (AvgIpc) is 2.61. The molecule has 134 valence electrons. The minimum atomic E-state index is 0.134. The maximum Gasteiger partial charge on any atom is 0.0422 e. The van der Waals surface area contributed by atoms with E-state index in [2.05, 4.69) is 113 Å². The zero-order valence-corrected chi connectivity index (χ0v) is 16.5. The molecule has 0 aliphatic heterocycles. The molecule has 0 radical (unpaired) electrons. The standard InChI is InChI=1S/C25H29N/c1-18(2)26-24-16-15-22(25(3,4)5)17-23(24)21-13-11-20(12-14-21)19-9-7-6-8-10-19/h6-18,26H,1-5H3. The van der Waals surface area contributed by atoms with Crippen molar-refractivity contribution < 1.29 is 0 Å². The van der Waals surface area contributed by atoms with Crippen molar-refractivity contribution in [1.29, 1.82) is 0 Å². The first-order valence-corrected chi connectivity index (χ1v) is 9.41. The summed E-state index contributed by atoms with van der Waals surface area (Å²) in [6, 6.07) is 26.6. The molecule has 0 atom stereocenters. The minimum Gasteiger partial charge on any atom is -0.382 e. The molecule has 1 heteroatoms. The van der Waals surface area contributed by atoms with Gasteiger partial charge >= 0.3 is 0 Å². The van der Waals surface area contributed by atoms with Gasteiger partial charge in [0.25, 0.3) is 0 Å². The van der Waals surface area contributed by atoms with E-state index in [1.165, 1.54) is 33.5 Å². The highest BCUT2D eigenvalue weighted by Gasteiger charge is 2.16. The molecule has 1 nitrogen and oxygen atoms in total. The van der Waals surface area contributed by atoms with Gasteiger partial charge in [-0.25, -0.2) is 0 Å². The second-order valence-corrected chi connectivity index (χ2v) is 8.25. The van der Waals surface area contributed by atoms with Crippen LogP contribution in [0.1, 0.15) is 40.2 Å². The summed E-state index contributed by atoms with van der Waals surface area (Å²) in [6.07, 6.45) is 0. The highest BCUT2D eigenvalue weighted by molar-refractivity contribution is 5.80. The quantitative estimate of drug-likeness (QED) is 0.531. The van der Waals surface area contributed by atoms with E-state index in [1.54, 1.807) is 0 Å². The molecule has 0 aromatic heterocycles. The lowest BCUT2D eigenvalue weighted by atomic mass is 9.84. The molecule has 1 N–H and O–H groups in total. The maximum absolute atomic E-state index is 3.60. The summed E-state index contributed by atoms with van der Waals surface area (Å²) < 4.78 is 0. The van der Waals surface area contributed by atoms with Crippen molar-refractivity contribution in [3.05, 3.63) is 78.4 Å². The Balaban J connectivity index is 2.03. The Morgan fingerprint density at radius 2 is 1.27 bits per heavy atom.